The zero-order valence-electron chi connectivity index (χ0n) is 18.2. The number of thiophene rings is 1. The highest BCUT2D eigenvalue weighted by Gasteiger charge is 2.25. The molecule has 2 aromatic carbocycles. The van der Waals surface area contributed by atoms with Gasteiger partial charge in [0.1, 0.15) is 0 Å². The maximum atomic E-state index is 12.5. The van der Waals surface area contributed by atoms with Gasteiger partial charge in [0.05, 0.1) is 19.9 Å². The Kier molecular flexibility index (Phi) is 6.85. The summed E-state index contributed by atoms with van der Waals surface area (Å²) in [6, 6.07) is 13.2. The average Bonchev–Trinajstić information content (AvgIpc) is 3.55. The monoisotopic (exact) mass is 450 g/mol. The molecule has 0 bridgehead atoms. The molecule has 1 fully saturated rings. The molecule has 1 heterocycles. The number of ether oxygens (including phenoxy) is 2. The van der Waals surface area contributed by atoms with Gasteiger partial charge < -0.3 is 9.47 Å². The van der Waals surface area contributed by atoms with Crippen LogP contribution >= 0.6 is 11.3 Å². The second kappa shape index (κ2) is 9.96. The molecule has 1 amide bonds. The van der Waals surface area contributed by atoms with Gasteiger partial charge in [-0.15, -0.1) is 11.3 Å². The molecule has 0 spiro atoms. The smallest absolute Gasteiger partial charge is 0.240 e. The van der Waals surface area contributed by atoms with E-state index in [0.29, 0.717) is 23.0 Å². The van der Waals surface area contributed by atoms with Gasteiger partial charge in [-0.05, 0) is 49.4 Å². The zero-order chi connectivity index (χ0) is 22.5. The van der Waals surface area contributed by atoms with Crippen LogP contribution in [-0.4, -0.2) is 31.6 Å². The lowest BCUT2D eigenvalue weighted by molar-refractivity contribution is -0.121. The van der Waals surface area contributed by atoms with Crippen LogP contribution in [0.2, 0.25) is 0 Å². The molecule has 0 atom stereocenters. The number of ketones is 1. The van der Waals surface area contributed by atoms with E-state index in [1.54, 1.807) is 36.6 Å². The van der Waals surface area contributed by atoms with Crippen LogP contribution in [-0.2, 0) is 4.79 Å². The first-order valence-electron chi connectivity index (χ1n) is 10.7. The van der Waals surface area contributed by atoms with E-state index >= 15 is 0 Å². The number of nitrogens with one attached hydrogen (secondary N) is 1. The number of amides is 1. The van der Waals surface area contributed by atoms with Gasteiger partial charge in [-0.3, -0.25) is 9.59 Å². The lowest BCUT2D eigenvalue weighted by Crippen LogP contribution is -2.21. The lowest BCUT2D eigenvalue weighted by atomic mass is 10.0. The number of hydrogen-bond donors (Lipinski definition) is 1. The molecule has 32 heavy (non-hydrogen) atoms. The van der Waals surface area contributed by atoms with Gasteiger partial charge in [0.15, 0.2) is 17.3 Å². The summed E-state index contributed by atoms with van der Waals surface area (Å²) < 4.78 is 11.7. The van der Waals surface area contributed by atoms with Crippen molar-refractivity contribution in [2.75, 3.05) is 14.2 Å². The Morgan fingerprint density at radius 2 is 1.84 bits per heavy atom. The lowest BCUT2D eigenvalue weighted by Gasteiger charge is -2.09. The van der Waals surface area contributed by atoms with Crippen molar-refractivity contribution in [2.45, 2.75) is 32.1 Å². The Hall–Kier alpha value is -3.19. The number of methoxy groups -OCH3 is 2. The van der Waals surface area contributed by atoms with Gasteiger partial charge in [0.2, 0.25) is 5.91 Å². The van der Waals surface area contributed by atoms with E-state index in [2.05, 4.69) is 28.0 Å². The predicted molar refractivity (Wildman–Crippen MR) is 127 cm³/mol. The fraction of sp³-hybridized carbons (Fsp3) is 0.320. The number of carbonyl (C=O) groups is 2. The summed E-state index contributed by atoms with van der Waals surface area (Å²) in [6.07, 6.45) is 3.42. The third kappa shape index (κ3) is 5.16. The highest BCUT2D eigenvalue weighted by molar-refractivity contribution is 7.17. The SMILES string of the molecule is COc1ccc(C(=O)CCC(=O)N/N=C(\CC2CC2)c2csc3ccccc23)cc1OC. The van der Waals surface area contributed by atoms with E-state index in [1.165, 1.54) is 24.7 Å². The summed E-state index contributed by atoms with van der Waals surface area (Å²) in [6.45, 7) is 0. The van der Waals surface area contributed by atoms with Crippen LogP contribution in [0.1, 0.15) is 48.0 Å². The first-order valence-corrected chi connectivity index (χ1v) is 11.5. The van der Waals surface area contributed by atoms with Crippen LogP contribution in [0.25, 0.3) is 10.1 Å². The van der Waals surface area contributed by atoms with Crippen molar-refractivity contribution in [3.05, 3.63) is 59.0 Å². The largest absolute Gasteiger partial charge is 0.493 e. The van der Waals surface area contributed by atoms with E-state index < -0.39 is 0 Å². The Labute approximate surface area is 191 Å². The normalized spacial score (nSPS) is 13.8. The van der Waals surface area contributed by atoms with Crippen molar-refractivity contribution in [2.24, 2.45) is 11.0 Å². The first-order chi connectivity index (χ1) is 15.6. The minimum atomic E-state index is -0.272. The highest BCUT2D eigenvalue weighted by atomic mass is 32.1. The molecule has 4 rings (SSSR count). The molecule has 6 nitrogen and oxygen atoms in total. The van der Waals surface area contributed by atoms with Gasteiger partial charge in [-0.2, -0.15) is 5.10 Å². The molecule has 0 saturated heterocycles. The highest BCUT2D eigenvalue weighted by Crippen LogP contribution is 2.36. The molecular weight excluding hydrogens is 424 g/mol. The van der Waals surface area contributed by atoms with Crippen LogP contribution in [0.4, 0.5) is 0 Å². The summed E-state index contributed by atoms with van der Waals surface area (Å²) in [5.74, 6) is 1.27. The minimum Gasteiger partial charge on any atom is -0.493 e. The number of rotatable bonds is 10. The molecular formula is C25H26N2O4S. The summed E-state index contributed by atoms with van der Waals surface area (Å²) in [7, 11) is 3.06. The van der Waals surface area contributed by atoms with Crippen LogP contribution in [0.5, 0.6) is 11.5 Å². The summed E-state index contributed by atoms with van der Waals surface area (Å²) in [5.41, 5.74) is 5.15. The number of fused-ring (bicyclic) bond motifs is 1. The maximum absolute atomic E-state index is 12.5. The number of Topliss-reactive ketones (excluding diaryl/α,β-unsaturated/α-hetero) is 1. The molecule has 1 N–H and O–H groups in total. The molecule has 3 aromatic rings. The quantitative estimate of drug-likeness (QED) is 0.262. The second-order valence-corrected chi connectivity index (χ2v) is 8.79. The van der Waals surface area contributed by atoms with Crippen LogP contribution in [0, 0.1) is 5.92 Å². The van der Waals surface area contributed by atoms with E-state index in [0.717, 1.165) is 23.1 Å². The molecule has 1 aromatic heterocycles. The Balaban J connectivity index is 1.40. The number of carbonyl (C=O) groups excluding carboxylic acids is 2. The maximum Gasteiger partial charge on any atom is 0.240 e. The Bertz CT molecular complexity index is 1160. The molecule has 0 unspecified atom stereocenters. The number of benzene rings is 2. The average molecular weight is 451 g/mol. The van der Waals surface area contributed by atoms with Gasteiger partial charge >= 0.3 is 0 Å². The van der Waals surface area contributed by atoms with E-state index in [-0.39, 0.29) is 24.5 Å². The summed E-state index contributed by atoms with van der Waals surface area (Å²) in [5, 5.41) is 7.74. The molecule has 0 radical (unpaired) electrons. The predicted octanol–water partition coefficient (Wildman–Crippen LogP) is 5.20. The number of nitrogens with zero attached hydrogens (tertiary/aromatic N) is 1. The summed E-state index contributed by atoms with van der Waals surface area (Å²) >= 11 is 1.68. The van der Waals surface area contributed by atoms with Gasteiger partial charge in [0, 0.05) is 39.4 Å². The van der Waals surface area contributed by atoms with Crippen LogP contribution in [0.15, 0.2) is 52.9 Å². The third-order valence-corrected chi connectivity index (χ3v) is 6.53. The number of hydrogen-bond acceptors (Lipinski definition) is 6. The van der Waals surface area contributed by atoms with E-state index in [1.807, 2.05) is 12.1 Å². The molecule has 1 aliphatic rings. The third-order valence-electron chi connectivity index (χ3n) is 5.57. The van der Waals surface area contributed by atoms with Crippen LogP contribution < -0.4 is 14.9 Å². The first kappa shape index (κ1) is 22.0. The zero-order valence-corrected chi connectivity index (χ0v) is 19.0. The van der Waals surface area contributed by atoms with E-state index in [4.69, 9.17) is 9.47 Å². The summed E-state index contributed by atoms with van der Waals surface area (Å²) in [4.78, 5) is 25.0. The van der Waals surface area contributed by atoms with Gasteiger partial charge in [-0.25, -0.2) is 5.43 Å². The van der Waals surface area contributed by atoms with Crippen LogP contribution in [0.3, 0.4) is 0 Å². The molecule has 1 saturated carbocycles. The van der Waals surface area contributed by atoms with Crippen molar-refractivity contribution in [3.63, 3.8) is 0 Å². The molecule has 0 aliphatic heterocycles. The minimum absolute atomic E-state index is 0.0672. The van der Waals surface area contributed by atoms with Crippen molar-refractivity contribution in [3.8, 4) is 11.5 Å². The second-order valence-electron chi connectivity index (χ2n) is 7.88. The fourth-order valence-corrected chi connectivity index (χ4v) is 4.55. The Morgan fingerprint density at radius 3 is 2.59 bits per heavy atom. The van der Waals surface area contributed by atoms with Crippen molar-refractivity contribution in [1.29, 1.82) is 0 Å². The molecule has 7 heteroatoms. The van der Waals surface area contributed by atoms with Crippen molar-refractivity contribution >= 4 is 38.8 Å². The molecule has 1 aliphatic carbocycles. The van der Waals surface area contributed by atoms with Crippen molar-refractivity contribution in [1.82, 2.24) is 5.43 Å². The number of hydrazone groups is 1. The van der Waals surface area contributed by atoms with Crippen molar-refractivity contribution < 1.29 is 19.1 Å². The van der Waals surface area contributed by atoms with Gasteiger partial charge in [-0.1, -0.05) is 18.2 Å². The molecule has 166 valence electrons. The van der Waals surface area contributed by atoms with E-state index in [9.17, 15) is 9.59 Å². The van der Waals surface area contributed by atoms with Gasteiger partial charge in [0.25, 0.3) is 0 Å². The Morgan fingerprint density at radius 1 is 1.06 bits per heavy atom. The standard InChI is InChI=1S/C25H26N2O4S/c1-30-22-11-9-17(14-23(22)31-2)21(28)10-12-25(29)27-26-20(13-16-7-8-16)19-15-32-24-6-4-3-5-18(19)24/h3-6,9,11,14-16H,7-8,10,12-13H2,1-2H3,(H,27,29)/b26-20+. The topological polar surface area (TPSA) is 77.0 Å². The fourth-order valence-electron chi connectivity index (χ4n) is 3.58.